The Balaban J connectivity index is 3.20. The Morgan fingerprint density at radius 3 is 2.67 bits per heavy atom. The van der Waals surface area contributed by atoms with Gasteiger partial charge in [0.15, 0.2) is 0 Å². The zero-order valence-electron chi connectivity index (χ0n) is 7.16. The molecule has 3 heteroatoms. The van der Waals surface area contributed by atoms with E-state index in [1.54, 1.807) is 6.07 Å². The molecule has 1 rings (SSSR count). The van der Waals surface area contributed by atoms with E-state index in [2.05, 4.69) is 0 Å². The average Bonchev–Trinajstić information content (AvgIpc) is 2.03. The van der Waals surface area contributed by atoms with Gasteiger partial charge >= 0.3 is 0 Å². The number of aryl methyl sites for hydroxylation is 2. The van der Waals surface area contributed by atoms with E-state index in [4.69, 9.17) is 0 Å². The highest BCUT2D eigenvalue weighted by Gasteiger charge is 2.00. The van der Waals surface area contributed by atoms with Crippen LogP contribution in [0.5, 0.6) is 0 Å². The number of hydrogen-bond donors (Lipinski definition) is 0. The molecule has 1 aromatic rings. The predicted molar refractivity (Wildman–Crippen MR) is 47.7 cm³/mol. The Hall–Kier alpha value is -0.670. The van der Waals surface area contributed by atoms with Gasteiger partial charge in [-0.15, -0.1) is 0 Å². The Labute approximate surface area is 74.9 Å². The second-order valence-electron chi connectivity index (χ2n) is 2.70. The summed E-state index contributed by atoms with van der Waals surface area (Å²) in [5, 5.41) is 0. The van der Waals surface area contributed by atoms with E-state index in [1.807, 2.05) is 26.0 Å². The lowest BCUT2D eigenvalue weighted by Crippen LogP contribution is -1.95. The van der Waals surface area contributed by atoms with Crippen molar-refractivity contribution in [3.63, 3.8) is 0 Å². The minimum Gasteiger partial charge on any atom is -0.768 e. The highest BCUT2D eigenvalue weighted by atomic mass is 32.2. The number of rotatable bonds is 2. The molecule has 0 bridgehead atoms. The van der Waals surface area contributed by atoms with E-state index in [0.717, 1.165) is 17.5 Å². The van der Waals surface area contributed by atoms with Crippen molar-refractivity contribution in [2.75, 3.05) is 0 Å². The van der Waals surface area contributed by atoms with Gasteiger partial charge in [0, 0.05) is 4.90 Å². The number of benzene rings is 1. The summed E-state index contributed by atoms with van der Waals surface area (Å²) in [7, 11) is 0. The Morgan fingerprint density at radius 2 is 2.17 bits per heavy atom. The van der Waals surface area contributed by atoms with Gasteiger partial charge in [0.25, 0.3) is 0 Å². The van der Waals surface area contributed by atoms with Crippen LogP contribution in [-0.2, 0) is 17.5 Å². The first-order valence-electron chi connectivity index (χ1n) is 3.84. The molecule has 0 saturated carbocycles. The maximum absolute atomic E-state index is 10.7. The van der Waals surface area contributed by atoms with Crippen LogP contribution in [0.25, 0.3) is 0 Å². The molecule has 1 atom stereocenters. The first kappa shape index (κ1) is 9.42. The quantitative estimate of drug-likeness (QED) is 0.656. The van der Waals surface area contributed by atoms with Gasteiger partial charge in [-0.05, 0) is 36.1 Å². The lowest BCUT2D eigenvalue weighted by atomic mass is 10.1. The Kier molecular flexibility index (Phi) is 3.00. The average molecular weight is 183 g/mol. The Morgan fingerprint density at radius 1 is 1.50 bits per heavy atom. The predicted octanol–water partition coefficient (Wildman–Crippen LogP) is 1.80. The third kappa shape index (κ3) is 1.93. The summed E-state index contributed by atoms with van der Waals surface area (Å²) < 4.78 is 21.4. The van der Waals surface area contributed by atoms with Crippen LogP contribution in [0.4, 0.5) is 0 Å². The van der Waals surface area contributed by atoms with Crippen LogP contribution in [0.3, 0.4) is 0 Å². The van der Waals surface area contributed by atoms with Crippen molar-refractivity contribution in [1.82, 2.24) is 0 Å². The van der Waals surface area contributed by atoms with Crippen LogP contribution in [0.2, 0.25) is 0 Å². The lowest BCUT2D eigenvalue weighted by molar-refractivity contribution is 0.536. The molecule has 0 radical (unpaired) electrons. The minimum atomic E-state index is -2.10. The molecule has 0 aliphatic heterocycles. The molecule has 0 saturated heterocycles. The molecule has 0 N–H and O–H groups in total. The molecule has 1 unspecified atom stereocenters. The normalized spacial score (nSPS) is 12.9. The van der Waals surface area contributed by atoms with Crippen LogP contribution < -0.4 is 0 Å². The first-order chi connectivity index (χ1) is 5.65. The van der Waals surface area contributed by atoms with Crippen molar-refractivity contribution in [3.8, 4) is 0 Å². The van der Waals surface area contributed by atoms with Crippen LogP contribution in [0, 0.1) is 6.92 Å². The molecule has 0 spiro atoms. The van der Waals surface area contributed by atoms with Crippen molar-refractivity contribution in [1.29, 1.82) is 0 Å². The van der Waals surface area contributed by atoms with Crippen LogP contribution in [0.15, 0.2) is 23.1 Å². The summed E-state index contributed by atoms with van der Waals surface area (Å²) in [5.41, 5.74) is 1.99. The Bertz CT molecular complexity index is 307. The van der Waals surface area contributed by atoms with Crippen LogP contribution in [0.1, 0.15) is 18.1 Å². The van der Waals surface area contributed by atoms with Crippen LogP contribution >= 0.6 is 0 Å². The van der Waals surface area contributed by atoms with Gasteiger partial charge in [0.2, 0.25) is 0 Å². The van der Waals surface area contributed by atoms with Gasteiger partial charge in [-0.1, -0.05) is 24.6 Å². The summed E-state index contributed by atoms with van der Waals surface area (Å²) in [6, 6.07) is 5.37. The fourth-order valence-corrected chi connectivity index (χ4v) is 1.74. The molecular formula is C9H11O2S-. The van der Waals surface area contributed by atoms with E-state index < -0.39 is 11.1 Å². The summed E-state index contributed by atoms with van der Waals surface area (Å²) in [6.45, 7) is 3.90. The molecule has 1 aromatic carbocycles. The van der Waals surface area contributed by atoms with Crippen molar-refractivity contribution in [2.24, 2.45) is 0 Å². The lowest BCUT2D eigenvalue weighted by Gasteiger charge is -2.10. The molecular weight excluding hydrogens is 172 g/mol. The largest absolute Gasteiger partial charge is 0.768 e. The van der Waals surface area contributed by atoms with Gasteiger partial charge in [-0.3, -0.25) is 4.21 Å². The molecule has 0 amide bonds. The maximum atomic E-state index is 10.7. The SMILES string of the molecule is CCc1cc(C)ccc1S(=O)[O-]. The molecule has 12 heavy (non-hydrogen) atoms. The van der Waals surface area contributed by atoms with E-state index in [-0.39, 0.29) is 0 Å². The third-order valence-corrected chi connectivity index (χ3v) is 2.53. The van der Waals surface area contributed by atoms with Gasteiger partial charge in [-0.2, -0.15) is 0 Å². The van der Waals surface area contributed by atoms with Crippen LogP contribution in [-0.4, -0.2) is 8.76 Å². The molecule has 66 valence electrons. The summed E-state index contributed by atoms with van der Waals surface area (Å²) in [4.78, 5) is 0.420. The topological polar surface area (TPSA) is 40.1 Å². The molecule has 0 aliphatic rings. The smallest absolute Gasteiger partial charge is 0.0280 e. The first-order valence-corrected chi connectivity index (χ1v) is 4.91. The van der Waals surface area contributed by atoms with E-state index in [0.29, 0.717) is 4.90 Å². The number of hydrogen-bond acceptors (Lipinski definition) is 2. The van der Waals surface area contributed by atoms with E-state index in [1.165, 1.54) is 0 Å². The standard InChI is InChI=1S/C9H12O2S/c1-3-8-6-7(2)4-5-9(8)12(10)11/h4-6H,3H2,1-2H3,(H,10,11)/p-1. The zero-order chi connectivity index (χ0) is 9.14. The molecule has 0 aliphatic carbocycles. The second kappa shape index (κ2) is 3.83. The summed E-state index contributed by atoms with van der Waals surface area (Å²) in [5.74, 6) is 0. The van der Waals surface area contributed by atoms with E-state index in [9.17, 15) is 8.76 Å². The molecule has 0 heterocycles. The fraction of sp³-hybridized carbons (Fsp3) is 0.333. The zero-order valence-corrected chi connectivity index (χ0v) is 7.98. The monoisotopic (exact) mass is 183 g/mol. The van der Waals surface area contributed by atoms with Gasteiger partial charge < -0.3 is 4.55 Å². The van der Waals surface area contributed by atoms with Crippen molar-refractivity contribution in [2.45, 2.75) is 25.2 Å². The molecule has 2 nitrogen and oxygen atoms in total. The fourth-order valence-electron chi connectivity index (χ4n) is 1.15. The third-order valence-electron chi connectivity index (χ3n) is 1.78. The second-order valence-corrected chi connectivity index (χ2v) is 3.61. The van der Waals surface area contributed by atoms with Gasteiger partial charge in [0.05, 0.1) is 0 Å². The van der Waals surface area contributed by atoms with E-state index >= 15 is 0 Å². The molecule has 0 aromatic heterocycles. The van der Waals surface area contributed by atoms with Crippen molar-refractivity contribution < 1.29 is 8.76 Å². The molecule has 0 fully saturated rings. The summed E-state index contributed by atoms with van der Waals surface area (Å²) in [6.07, 6.45) is 0.755. The highest BCUT2D eigenvalue weighted by molar-refractivity contribution is 7.79. The van der Waals surface area contributed by atoms with Crippen molar-refractivity contribution >= 4 is 11.1 Å². The van der Waals surface area contributed by atoms with Gasteiger partial charge in [0.1, 0.15) is 0 Å². The minimum absolute atomic E-state index is 0.420. The summed E-state index contributed by atoms with van der Waals surface area (Å²) >= 11 is -2.10. The van der Waals surface area contributed by atoms with Crippen molar-refractivity contribution in [3.05, 3.63) is 29.3 Å². The highest BCUT2D eigenvalue weighted by Crippen LogP contribution is 2.14. The maximum Gasteiger partial charge on any atom is 0.0280 e. The van der Waals surface area contributed by atoms with Gasteiger partial charge in [-0.25, -0.2) is 0 Å².